The van der Waals surface area contributed by atoms with E-state index in [0.29, 0.717) is 0 Å². The molecule has 2 aliphatic heterocycles. The maximum Gasteiger partial charge on any atom is 0.423 e. The molecule has 0 atom stereocenters. The van der Waals surface area contributed by atoms with Crippen molar-refractivity contribution in [2.45, 2.75) is 0 Å². The quantitative estimate of drug-likeness (QED) is 0.248. The summed E-state index contributed by atoms with van der Waals surface area (Å²) >= 11 is 1.88. The molecule has 34 heavy (non-hydrogen) atoms. The van der Waals surface area contributed by atoms with Gasteiger partial charge in [0.1, 0.15) is 0 Å². The summed E-state index contributed by atoms with van der Waals surface area (Å²) < 4.78 is 2.65. The minimum Gasteiger partial charge on any atom is -0.359 e. The molecule has 4 aromatic carbocycles. The molecule has 0 spiro atoms. The summed E-state index contributed by atoms with van der Waals surface area (Å²) in [5.74, 6) is 0. The van der Waals surface area contributed by atoms with Crippen molar-refractivity contribution in [3.63, 3.8) is 0 Å². The van der Waals surface area contributed by atoms with Crippen LogP contribution in [0.15, 0.2) is 109 Å². The number of fused-ring (bicyclic) bond motifs is 11. The number of anilines is 4. The highest BCUT2D eigenvalue weighted by Crippen LogP contribution is 2.52. The predicted octanol–water partition coefficient (Wildman–Crippen LogP) is 7.12. The lowest BCUT2D eigenvalue weighted by atomic mass is 9.60. The van der Waals surface area contributed by atoms with Crippen LogP contribution >= 0.6 is 11.3 Å². The summed E-state index contributed by atoms with van der Waals surface area (Å²) in [5, 5.41) is 2.64. The molecule has 4 heterocycles. The molecule has 158 valence electrons. The van der Waals surface area contributed by atoms with Gasteiger partial charge in [-0.1, -0.05) is 66.7 Å². The van der Waals surface area contributed by atoms with E-state index in [2.05, 4.69) is 113 Å². The van der Waals surface area contributed by atoms with Gasteiger partial charge in [-0.3, -0.25) is 4.98 Å². The molecule has 0 unspecified atom stereocenters. The van der Waals surface area contributed by atoms with Gasteiger partial charge < -0.3 is 9.62 Å². The van der Waals surface area contributed by atoms with Crippen LogP contribution < -0.4 is 15.1 Å². The van der Waals surface area contributed by atoms with Crippen molar-refractivity contribution >= 4 is 66.7 Å². The Labute approximate surface area is 201 Å². The first-order valence-electron chi connectivity index (χ1n) is 11.5. The Balaban J connectivity index is 1.47. The number of benzene rings is 4. The molecule has 0 saturated heterocycles. The van der Waals surface area contributed by atoms with Crippen molar-refractivity contribution in [1.82, 2.24) is 4.98 Å². The summed E-state index contributed by atoms with van der Waals surface area (Å²) in [6, 6.07) is 37.2. The fourth-order valence-electron chi connectivity index (χ4n) is 5.71. The zero-order chi connectivity index (χ0) is 22.2. The first kappa shape index (κ1) is 18.4. The molecule has 6 aromatic rings. The molecule has 0 bridgehead atoms. The minimum atomic E-state index is 0.00631. The second-order valence-electron chi connectivity index (χ2n) is 8.81. The van der Waals surface area contributed by atoms with Crippen LogP contribution in [0.4, 0.5) is 22.7 Å². The van der Waals surface area contributed by atoms with Crippen LogP contribution in [0.3, 0.4) is 0 Å². The molecule has 0 saturated carbocycles. The number of pyridine rings is 1. The van der Waals surface area contributed by atoms with Crippen molar-refractivity contribution in [3.8, 4) is 11.3 Å². The molecule has 3 nitrogen and oxygen atoms in total. The van der Waals surface area contributed by atoms with Crippen molar-refractivity contribution in [1.29, 1.82) is 0 Å². The third kappa shape index (κ3) is 2.29. The van der Waals surface area contributed by atoms with Crippen molar-refractivity contribution in [3.05, 3.63) is 109 Å². The van der Waals surface area contributed by atoms with E-state index in [1.165, 1.54) is 53.9 Å². The van der Waals surface area contributed by atoms with E-state index in [-0.39, 0.29) is 6.98 Å². The highest BCUT2D eigenvalue weighted by Gasteiger charge is 2.48. The molecule has 2 aromatic heterocycles. The first-order chi connectivity index (χ1) is 16.9. The molecule has 0 fully saturated rings. The van der Waals surface area contributed by atoms with E-state index in [0.717, 1.165) is 5.69 Å². The Morgan fingerprint density at radius 2 is 1.26 bits per heavy atom. The fraction of sp³-hybridized carbons (Fsp3) is 0. The lowest BCUT2D eigenvalue weighted by Crippen LogP contribution is -2.55. The van der Waals surface area contributed by atoms with Crippen LogP contribution in [0.25, 0.3) is 31.4 Å². The van der Waals surface area contributed by atoms with Crippen LogP contribution in [-0.4, -0.2) is 12.0 Å². The van der Waals surface area contributed by atoms with E-state index < -0.39 is 0 Å². The lowest BCUT2D eigenvalue weighted by Gasteiger charge is -2.35. The summed E-state index contributed by atoms with van der Waals surface area (Å²) in [4.78, 5) is 9.86. The van der Waals surface area contributed by atoms with Crippen LogP contribution in [0, 0.1) is 0 Å². The second kappa shape index (κ2) is 6.72. The van der Waals surface area contributed by atoms with Crippen LogP contribution in [0.5, 0.6) is 0 Å². The highest BCUT2D eigenvalue weighted by molar-refractivity contribution is 7.26. The molecular weight excluding hydrogens is 433 g/mol. The number of hydrogen-bond acceptors (Lipinski definition) is 4. The molecule has 0 N–H and O–H groups in total. The maximum atomic E-state index is 4.86. The summed E-state index contributed by atoms with van der Waals surface area (Å²) in [5.41, 5.74) is 8.39. The topological polar surface area (TPSA) is 19.4 Å². The number of nitrogens with zero attached hydrogens (tertiary/aromatic N) is 3. The van der Waals surface area contributed by atoms with E-state index in [1.54, 1.807) is 0 Å². The molecule has 8 rings (SSSR count). The largest absolute Gasteiger partial charge is 0.423 e. The van der Waals surface area contributed by atoms with Gasteiger partial charge in [-0.15, -0.1) is 11.3 Å². The SMILES string of the molecule is c1cnc2c(c1)B1N(c3ccccc3-2)c2ccccc2N1c1cccc2c1sc1ccccc12. The third-order valence-electron chi connectivity index (χ3n) is 7.07. The number of para-hydroxylation sites is 3. The van der Waals surface area contributed by atoms with Gasteiger partial charge >= 0.3 is 6.98 Å². The second-order valence-corrected chi connectivity index (χ2v) is 9.87. The molecular formula is C29H18BN3S. The molecule has 0 amide bonds. The number of aromatic nitrogens is 1. The van der Waals surface area contributed by atoms with Crippen LogP contribution in [0.1, 0.15) is 0 Å². The number of thiophene rings is 1. The standard InChI is InChI=1S/C29H18BN3S/c1-3-13-23-21(10-1)28-22(12-8-18-31-28)30-32(23)24-14-4-5-15-25(24)33(30)26-16-7-11-20-19-9-2-6-17-27(19)34-29(20)26/h1-18H. The van der Waals surface area contributed by atoms with Crippen molar-refractivity contribution in [2.24, 2.45) is 0 Å². The van der Waals surface area contributed by atoms with Gasteiger partial charge in [-0.05, 0) is 41.9 Å². The van der Waals surface area contributed by atoms with Crippen molar-refractivity contribution in [2.75, 3.05) is 9.62 Å². The Morgan fingerprint density at radius 3 is 2.15 bits per heavy atom. The average Bonchev–Trinajstić information content (AvgIpc) is 3.45. The van der Waals surface area contributed by atoms with Gasteiger partial charge in [0.25, 0.3) is 0 Å². The molecule has 0 aliphatic carbocycles. The number of rotatable bonds is 1. The molecule has 0 radical (unpaired) electrons. The monoisotopic (exact) mass is 451 g/mol. The smallest absolute Gasteiger partial charge is 0.359 e. The summed E-state index contributed by atoms with van der Waals surface area (Å²) in [6.45, 7) is 0.00631. The van der Waals surface area contributed by atoms with E-state index >= 15 is 0 Å². The Hall–Kier alpha value is -4.09. The van der Waals surface area contributed by atoms with Crippen molar-refractivity contribution < 1.29 is 0 Å². The van der Waals surface area contributed by atoms with Gasteiger partial charge in [0.15, 0.2) is 0 Å². The van der Waals surface area contributed by atoms with Gasteiger partial charge in [-0.25, -0.2) is 0 Å². The Kier molecular flexibility index (Phi) is 3.63. The van der Waals surface area contributed by atoms with E-state index in [9.17, 15) is 0 Å². The molecule has 5 heteroatoms. The zero-order valence-corrected chi connectivity index (χ0v) is 19.0. The molecule has 2 aliphatic rings. The third-order valence-corrected chi connectivity index (χ3v) is 8.28. The normalized spacial score (nSPS) is 13.7. The first-order valence-corrected chi connectivity index (χ1v) is 12.3. The summed E-state index contributed by atoms with van der Waals surface area (Å²) in [6.07, 6.45) is 1.91. The predicted molar refractivity (Wildman–Crippen MR) is 145 cm³/mol. The Morgan fingerprint density at radius 1 is 0.588 bits per heavy atom. The van der Waals surface area contributed by atoms with E-state index in [1.807, 2.05) is 17.5 Å². The van der Waals surface area contributed by atoms with E-state index in [4.69, 9.17) is 4.98 Å². The van der Waals surface area contributed by atoms with Gasteiger partial charge in [-0.2, -0.15) is 0 Å². The zero-order valence-electron chi connectivity index (χ0n) is 18.2. The van der Waals surface area contributed by atoms with Gasteiger partial charge in [0.05, 0.1) is 21.8 Å². The summed E-state index contributed by atoms with van der Waals surface area (Å²) in [7, 11) is 0. The fourth-order valence-corrected chi connectivity index (χ4v) is 6.92. The average molecular weight is 451 g/mol. The van der Waals surface area contributed by atoms with Crippen LogP contribution in [-0.2, 0) is 0 Å². The van der Waals surface area contributed by atoms with Gasteiger partial charge in [0, 0.05) is 38.6 Å². The number of hydrogen-bond donors (Lipinski definition) is 0. The minimum absolute atomic E-state index is 0.00631. The van der Waals surface area contributed by atoms with Gasteiger partial charge in [0.2, 0.25) is 0 Å². The lowest BCUT2D eigenvalue weighted by molar-refractivity contribution is 1.29. The highest BCUT2D eigenvalue weighted by atomic mass is 32.1. The Bertz CT molecular complexity index is 1760. The van der Waals surface area contributed by atoms with Crippen LogP contribution in [0.2, 0.25) is 0 Å². The maximum absolute atomic E-state index is 4.86.